The molecule has 1 aliphatic heterocycles. The number of guanidine groups is 1. The number of thiophene rings is 1. The van der Waals surface area contributed by atoms with E-state index in [1.807, 2.05) is 18.3 Å². The first kappa shape index (κ1) is 15.8. The minimum atomic E-state index is -0.607. The number of carbonyl (C=O) groups is 1. The van der Waals surface area contributed by atoms with E-state index in [2.05, 4.69) is 41.4 Å². The molecule has 0 spiro atoms. The quantitative estimate of drug-likeness (QED) is 0.737. The second-order valence-corrected chi connectivity index (χ2v) is 8.80. The number of carbonyl (C=O) groups excluding carboxylic acids is 1. The number of amides is 1. The number of nitrogens with zero attached hydrogens (tertiary/aromatic N) is 2. The van der Waals surface area contributed by atoms with Gasteiger partial charge in [0.15, 0.2) is 5.96 Å². The van der Waals surface area contributed by atoms with Crippen LogP contribution in [-0.4, -0.2) is 23.8 Å². The molecule has 3 aromatic rings. The number of benzene rings is 2. The third kappa shape index (κ3) is 2.34. The van der Waals surface area contributed by atoms with Gasteiger partial charge in [0.1, 0.15) is 0 Å². The highest BCUT2D eigenvalue weighted by Gasteiger charge is 2.36. The Hall–Kier alpha value is -2.40. The lowest BCUT2D eigenvalue weighted by molar-refractivity contribution is -0.128. The highest BCUT2D eigenvalue weighted by molar-refractivity contribution is 7.25. The number of aliphatic imine (C=N–C) groups is 1. The van der Waals surface area contributed by atoms with Crippen molar-refractivity contribution in [2.45, 2.75) is 37.6 Å². The van der Waals surface area contributed by atoms with E-state index in [1.165, 1.54) is 43.5 Å². The fourth-order valence-corrected chi connectivity index (χ4v) is 4.94. The highest BCUT2D eigenvalue weighted by atomic mass is 32.1. The van der Waals surface area contributed by atoms with Crippen LogP contribution in [0, 0.1) is 0 Å². The van der Waals surface area contributed by atoms with E-state index in [9.17, 15) is 4.79 Å². The maximum atomic E-state index is 12.3. The number of hydrogen-bond donors (Lipinski definition) is 1. The Morgan fingerprint density at radius 1 is 1.15 bits per heavy atom. The minimum Gasteiger partial charge on any atom is -0.369 e. The third-order valence-electron chi connectivity index (χ3n) is 5.74. The van der Waals surface area contributed by atoms with E-state index in [0.717, 1.165) is 11.5 Å². The summed E-state index contributed by atoms with van der Waals surface area (Å²) in [7, 11) is 1.68. The van der Waals surface area contributed by atoms with Crippen LogP contribution in [0.5, 0.6) is 0 Å². The second-order valence-electron chi connectivity index (χ2n) is 7.72. The van der Waals surface area contributed by atoms with Crippen LogP contribution in [0.4, 0.5) is 0 Å². The molecule has 4 nitrogen and oxygen atoms in total. The van der Waals surface area contributed by atoms with Gasteiger partial charge < -0.3 is 5.73 Å². The van der Waals surface area contributed by atoms with Gasteiger partial charge in [-0.3, -0.25) is 9.69 Å². The maximum absolute atomic E-state index is 12.3. The zero-order valence-electron chi connectivity index (χ0n) is 15.0. The molecule has 0 bridgehead atoms. The van der Waals surface area contributed by atoms with E-state index in [4.69, 9.17) is 5.73 Å². The van der Waals surface area contributed by atoms with Gasteiger partial charge in [0, 0.05) is 27.2 Å². The zero-order valence-corrected chi connectivity index (χ0v) is 15.8. The summed E-state index contributed by atoms with van der Waals surface area (Å²) >= 11 is 1.82. The van der Waals surface area contributed by atoms with Crippen LogP contribution in [0.1, 0.15) is 43.2 Å². The average Bonchev–Trinajstić information content (AvgIpc) is 3.40. The molecular weight excluding hydrogens is 342 g/mol. The van der Waals surface area contributed by atoms with Crippen molar-refractivity contribution in [3.05, 3.63) is 47.5 Å². The summed E-state index contributed by atoms with van der Waals surface area (Å²) in [6, 6.07) is 13.3. The van der Waals surface area contributed by atoms with Crippen LogP contribution in [-0.2, 0) is 10.3 Å². The molecule has 1 aliphatic carbocycles. The van der Waals surface area contributed by atoms with Crippen LogP contribution < -0.4 is 5.73 Å². The number of rotatable bonds is 2. The Balaban J connectivity index is 1.68. The third-order valence-corrected chi connectivity index (χ3v) is 6.89. The van der Waals surface area contributed by atoms with Gasteiger partial charge in [0.05, 0.1) is 12.0 Å². The molecule has 1 amide bonds. The van der Waals surface area contributed by atoms with E-state index in [1.54, 1.807) is 7.05 Å². The van der Waals surface area contributed by atoms with E-state index >= 15 is 0 Å². The first-order valence-electron chi connectivity index (χ1n) is 9.03. The van der Waals surface area contributed by atoms with Crippen LogP contribution >= 0.6 is 11.3 Å². The summed E-state index contributed by atoms with van der Waals surface area (Å²) in [4.78, 5) is 18.4. The maximum Gasteiger partial charge on any atom is 0.231 e. The van der Waals surface area contributed by atoms with Crippen molar-refractivity contribution in [3.63, 3.8) is 0 Å². The summed E-state index contributed by atoms with van der Waals surface area (Å²) in [5, 5.41) is 2.57. The van der Waals surface area contributed by atoms with Gasteiger partial charge in [-0.25, -0.2) is 4.99 Å². The topological polar surface area (TPSA) is 58.7 Å². The van der Waals surface area contributed by atoms with E-state index in [0.29, 0.717) is 6.42 Å². The van der Waals surface area contributed by atoms with Gasteiger partial charge in [-0.1, -0.05) is 12.1 Å². The Labute approximate surface area is 156 Å². The minimum absolute atomic E-state index is 0.00583. The van der Waals surface area contributed by atoms with Gasteiger partial charge >= 0.3 is 0 Å². The molecule has 0 saturated heterocycles. The molecule has 5 rings (SSSR count). The average molecular weight is 363 g/mol. The molecule has 2 heterocycles. The van der Waals surface area contributed by atoms with Crippen LogP contribution in [0.15, 0.2) is 41.4 Å². The lowest BCUT2D eigenvalue weighted by atomic mass is 9.87. The monoisotopic (exact) mass is 363 g/mol. The Morgan fingerprint density at radius 3 is 2.54 bits per heavy atom. The molecule has 0 unspecified atom stereocenters. The largest absolute Gasteiger partial charge is 0.369 e. The Morgan fingerprint density at radius 2 is 1.85 bits per heavy atom. The van der Waals surface area contributed by atoms with Gasteiger partial charge in [-0.2, -0.15) is 0 Å². The highest BCUT2D eigenvalue weighted by Crippen LogP contribution is 2.44. The van der Waals surface area contributed by atoms with E-state index < -0.39 is 5.54 Å². The molecule has 0 radical (unpaired) electrons. The summed E-state index contributed by atoms with van der Waals surface area (Å²) in [6.45, 7) is 2.00. The number of fused-ring (bicyclic) bond motifs is 3. The van der Waals surface area contributed by atoms with Crippen LogP contribution in [0.3, 0.4) is 0 Å². The second kappa shape index (κ2) is 5.30. The molecule has 1 aromatic heterocycles. The van der Waals surface area contributed by atoms with Crippen molar-refractivity contribution < 1.29 is 4.79 Å². The van der Waals surface area contributed by atoms with Crippen LogP contribution in [0.2, 0.25) is 0 Å². The van der Waals surface area contributed by atoms with Gasteiger partial charge in [-0.15, -0.1) is 11.3 Å². The van der Waals surface area contributed by atoms with Crippen molar-refractivity contribution in [3.8, 4) is 0 Å². The molecule has 1 fully saturated rings. The van der Waals surface area contributed by atoms with Crippen molar-refractivity contribution >= 4 is 43.4 Å². The molecule has 1 atom stereocenters. The normalized spacial score (nSPS) is 23.7. The summed E-state index contributed by atoms with van der Waals surface area (Å²) in [5.74, 6) is 1.03. The molecule has 2 aliphatic rings. The first-order chi connectivity index (χ1) is 12.4. The van der Waals surface area contributed by atoms with Gasteiger partial charge in [0.25, 0.3) is 0 Å². The SMILES string of the molecule is CN1C(=O)C[C@@](C)(c2ccc3sc4ccc(C5CC5)cc4c3c2)N=C1N. The lowest BCUT2D eigenvalue weighted by Crippen LogP contribution is -2.47. The standard InChI is InChI=1S/C21H21N3OS/c1-21(11-19(25)24(2)20(22)23-21)14-6-8-18-16(10-14)15-9-13(12-3-4-12)5-7-17(15)26-18/h5-10,12H,3-4,11H2,1-2H3,(H2,22,23)/t21-/m0/s1. The fraction of sp³-hybridized carbons (Fsp3) is 0.333. The summed E-state index contributed by atoms with van der Waals surface area (Å²) in [6.07, 6.45) is 2.95. The van der Waals surface area contributed by atoms with Crippen molar-refractivity contribution in [1.29, 1.82) is 0 Å². The predicted octanol–water partition coefficient (Wildman–Crippen LogP) is 4.32. The number of hydrogen-bond acceptors (Lipinski definition) is 4. The summed E-state index contributed by atoms with van der Waals surface area (Å²) in [5.41, 5.74) is 7.87. The zero-order chi connectivity index (χ0) is 18.1. The van der Waals surface area contributed by atoms with Crippen molar-refractivity contribution in [1.82, 2.24) is 4.90 Å². The summed E-state index contributed by atoms with van der Waals surface area (Å²) < 4.78 is 2.59. The van der Waals surface area contributed by atoms with Crippen LogP contribution in [0.25, 0.3) is 20.2 Å². The number of nitrogens with two attached hydrogens (primary N) is 1. The lowest BCUT2D eigenvalue weighted by Gasteiger charge is -2.33. The van der Waals surface area contributed by atoms with E-state index in [-0.39, 0.29) is 11.9 Å². The molecule has 5 heteroatoms. The molecule has 2 N–H and O–H groups in total. The Bertz CT molecular complexity index is 1100. The smallest absolute Gasteiger partial charge is 0.231 e. The first-order valence-corrected chi connectivity index (χ1v) is 9.85. The molecule has 1 saturated carbocycles. The Kier molecular flexibility index (Phi) is 3.23. The predicted molar refractivity (Wildman–Crippen MR) is 108 cm³/mol. The van der Waals surface area contributed by atoms with Crippen molar-refractivity contribution in [2.75, 3.05) is 7.05 Å². The molecule has 26 heavy (non-hydrogen) atoms. The molecule has 132 valence electrons. The van der Waals surface area contributed by atoms with Gasteiger partial charge in [-0.05, 0) is 61.1 Å². The molecular formula is C21H21N3OS. The molecule has 2 aromatic carbocycles. The fourth-order valence-electron chi connectivity index (χ4n) is 3.88. The van der Waals surface area contributed by atoms with Crippen molar-refractivity contribution in [2.24, 2.45) is 10.7 Å². The van der Waals surface area contributed by atoms with Gasteiger partial charge in [0.2, 0.25) is 5.91 Å².